The van der Waals surface area contributed by atoms with Crippen LogP contribution in [-0.4, -0.2) is 105 Å². The van der Waals surface area contributed by atoms with Gasteiger partial charge in [0.1, 0.15) is 39.3 Å². The average Bonchev–Trinajstić information content (AvgIpc) is 2.57. The molecule has 136 valence electrons. The van der Waals surface area contributed by atoms with E-state index in [1.165, 1.54) is 9.80 Å². The van der Waals surface area contributed by atoms with E-state index >= 15 is 0 Å². The van der Waals surface area contributed by atoms with Gasteiger partial charge in [0.2, 0.25) is 0 Å². The van der Waals surface area contributed by atoms with Crippen LogP contribution in [-0.2, 0) is 23.7 Å². The Morgan fingerprint density at radius 1 is 0.333 bits per heavy atom. The SMILES string of the molecule is C1COCC[NH+]2CCOCCOCC[NH+](CCO1)CCOCC2.[Na+]. The predicted octanol–water partition coefficient (Wildman–Crippen LogP) is -6.13. The molecule has 0 aliphatic carbocycles. The van der Waals surface area contributed by atoms with Crippen molar-refractivity contribution in [3.8, 4) is 0 Å². The smallest absolute Gasteiger partial charge is 0.373 e. The Hall–Kier alpha value is 0.720. The van der Waals surface area contributed by atoms with E-state index < -0.39 is 0 Å². The molecule has 0 unspecified atom stereocenters. The maximum atomic E-state index is 5.84. The first-order chi connectivity index (χ1) is 11.4. The molecule has 0 amide bonds. The third-order valence-corrected chi connectivity index (χ3v) is 4.34. The van der Waals surface area contributed by atoms with Crippen molar-refractivity contribution in [1.82, 2.24) is 0 Å². The van der Waals surface area contributed by atoms with Crippen LogP contribution in [0, 0.1) is 0 Å². The number of hydrogen-bond acceptors (Lipinski definition) is 5. The van der Waals surface area contributed by atoms with Crippen LogP contribution < -0.4 is 39.4 Å². The number of rotatable bonds is 0. The van der Waals surface area contributed by atoms with Crippen LogP contribution in [0.5, 0.6) is 0 Å². The fraction of sp³-hybridized carbons (Fsp3) is 1.00. The Morgan fingerprint density at radius 2 is 0.542 bits per heavy atom. The van der Waals surface area contributed by atoms with Gasteiger partial charge in [0, 0.05) is 0 Å². The first kappa shape index (κ1) is 22.8. The van der Waals surface area contributed by atoms with E-state index in [0.717, 1.165) is 78.9 Å². The third kappa shape index (κ3) is 11.4. The number of fused-ring (bicyclic) bond motifs is 6. The number of quaternary nitrogens is 2. The van der Waals surface area contributed by atoms with E-state index in [4.69, 9.17) is 23.7 Å². The minimum atomic E-state index is 0. The molecule has 2 fully saturated rings. The van der Waals surface area contributed by atoms with Gasteiger partial charge in [0.25, 0.3) is 0 Å². The van der Waals surface area contributed by atoms with Crippen LogP contribution >= 0.6 is 0 Å². The van der Waals surface area contributed by atoms with Crippen LogP contribution in [0.15, 0.2) is 0 Å². The molecule has 0 atom stereocenters. The van der Waals surface area contributed by atoms with Gasteiger partial charge in [-0.15, -0.1) is 0 Å². The van der Waals surface area contributed by atoms with Gasteiger partial charge in [0.05, 0.1) is 66.1 Å². The topological polar surface area (TPSA) is 55.0 Å². The fourth-order valence-electron chi connectivity index (χ4n) is 2.80. The van der Waals surface area contributed by atoms with E-state index in [1.54, 1.807) is 0 Å². The van der Waals surface area contributed by atoms with Gasteiger partial charge in [-0.25, -0.2) is 0 Å². The molecule has 0 spiro atoms. The molecule has 24 heavy (non-hydrogen) atoms. The summed E-state index contributed by atoms with van der Waals surface area (Å²) in [5.41, 5.74) is 0. The molecule has 8 heteroatoms. The van der Waals surface area contributed by atoms with Crippen molar-refractivity contribution in [2.24, 2.45) is 0 Å². The third-order valence-electron chi connectivity index (χ3n) is 4.34. The molecule has 2 rings (SSSR count). The molecule has 2 aliphatic heterocycles. The van der Waals surface area contributed by atoms with Gasteiger partial charge in [-0.1, -0.05) is 0 Å². The fourth-order valence-corrected chi connectivity index (χ4v) is 2.80. The largest absolute Gasteiger partial charge is 1.00 e. The van der Waals surface area contributed by atoms with E-state index in [9.17, 15) is 0 Å². The first-order valence-corrected chi connectivity index (χ1v) is 9.01. The van der Waals surface area contributed by atoms with Crippen molar-refractivity contribution in [3.63, 3.8) is 0 Å². The first-order valence-electron chi connectivity index (χ1n) is 9.01. The van der Waals surface area contributed by atoms with Crippen LogP contribution in [0.25, 0.3) is 0 Å². The van der Waals surface area contributed by atoms with Crippen LogP contribution in [0.1, 0.15) is 0 Å². The summed E-state index contributed by atoms with van der Waals surface area (Å²) in [4.78, 5) is 2.95. The molecule has 2 bridgehead atoms. The standard InChI is InChI=1S/C16H32N2O5.Na/c1-7-19-8-2-18-5-11-22-15-13-20-9-3-17(1)4-10-21-14-16-23-12-6-18;/h1-16H2;/q;+1/p+2. The molecule has 0 aromatic rings. The van der Waals surface area contributed by atoms with Crippen molar-refractivity contribution in [2.75, 3.05) is 105 Å². The molecular formula is C16H34N2NaO5+3. The van der Waals surface area contributed by atoms with E-state index in [1.807, 2.05) is 0 Å². The molecule has 2 heterocycles. The summed E-state index contributed by atoms with van der Waals surface area (Å²) >= 11 is 0. The van der Waals surface area contributed by atoms with Gasteiger partial charge in [-0.3, -0.25) is 0 Å². The molecule has 0 saturated carbocycles. The summed E-state index contributed by atoms with van der Waals surface area (Å²) in [7, 11) is 0. The summed E-state index contributed by atoms with van der Waals surface area (Å²) in [6.45, 7) is 13.3. The second-order valence-electron chi connectivity index (χ2n) is 6.06. The van der Waals surface area contributed by atoms with Crippen LogP contribution in [0.2, 0.25) is 0 Å². The summed E-state index contributed by atoms with van der Waals surface area (Å²) in [6.07, 6.45) is 0. The maximum Gasteiger partial charge on any atom is 1.00 e. The number of ether oxygens (including phenoxy) is 5. The minimum absolute atomic E-state index is 0. The van der Waals surface area contributed by atoms with Crippen LogP contribution in [0.3, 0.4) is 0 Å². The van der Waals surface area contributed by atoms with Crippen molar-refractivity contribution >= 4 is 0 Å². The zero-order valence-corrected chi connectivity index (χ0v) is 17.4. The number of hydrogen-bond donors (Lipinski definition) is 2. The van der Waals surface area contributed by atoms with Crippen molar-refractivity contribution in [3.05, 3.63) is 0 Å². The zero-order chi connectivity index (χ0) is 16.0. The van der Waals surface area contributed by atoms with E-state index in [-0.39, 0.29) is 29.6 Å². The quantitative estimate of drug-likeness (QED) is 0.334. The normalized spacial score (nSPS) is 30.0. The van der Waals surface area contributed by atoms with Gasteiger partial charge in [-0.05, 0) is 0 Å². The summed E-state index contributed by atoms with van der Waals surface area (Å²) < 4.78 is 28.6. The Kier molecular flexibility index (Phi) is 15.1. The second-order valence-corrected chi connectivity index (χ2v) is 6.06. The van der Waals surface area contributed by atoms with Gasteiger partial charge in [-0.2, -0.15) is 0 Å². The summed E-state index contributed by atoms with van der Waals surface area (Å²) in [5.74, 6) is 0. The van der Waals surface area contributed by atoms with E-state index in [2.05, 4.69) is 0 Å². The molecule has 2 saturated heterocycles. The Balaban J connectivity index is 0.00000288. The molecule has 0 aromatic carbocycles. The second kappa shape index (κ2) is 15.9. The summed E-state index contributed by atoms with van der Waals surface area (Å²) in [6, 6.07) is 0. The van der Waals surface area contributed by atoms with Crippen LogP contribution in [0.4, 0.5) is 0 Å². The van der Waals surface area contributed by atoms with Gasteiger partial charge >= 0.3 is 29.6 Å². The predicted molar refractivity (Wildman–Crippen MR) is 85.2 cm³/mol. The minimum Gasteiger partial charge on any atom is -0.373 e. The maximum absolute atomic E-state index is 5.84. The van der Waals surface area contributed by atoms with Crippen molar-refractivity contribution in [2.45, 2.75) is 0 Å². The monoisotopic (exact) mass is 357 g/mol. The summed E-state index contributed by atoms with van der Waals surface area (Å²) in [5, 5.41) is 0. The molecule has 0 aromatic heterocycles. The Bertz CT molecular complexity index is 243. The van der Waals surface area contributed by atoms with Gasteiger partial charge in [0.15, 0.2) is 0 Å². The van der Waals surface area contributed by atoms with Gasteiger partial charge < -0.3 is 33.5 Å². The average molecular weight is 357 g/mol. The van der Waals surface area contributed by atoms with Crippen molar-refractivity contribution < 1.29 is 63.0 Å². The zero-order valence-electron chi connectivity index (χ0n) is 15.4. The number of nitrogens with one attached hydrogen (secondary N) is 2. The van der Waals surface area contributed by atoms with Crippen molar-refractivity contribution in [1.29, 1.82) is 0 Å². The Labute approximate surface area is 168 Å². The molecule has 0 radical (unpaired) electrons. The van der Waals surface area contributed by atoms with E-state index in [0.29, 0.717) is 26.4 Å². The Morgan fingerprint density at radius 3 is 0.792 bits per heavy atom. The molecule has 2 N–H and O–H groups in total. The molecular weight excluding hydrogens is 323 g/mol. The molecule has 2 aliphatic rings. The molecule has 7 nitrogen and oxygen atoms in total.